The second kappa shape index (κ2) is 8.41. The smallest absolute Gasteiger partial charge is 0.226 e. The minimum Gasteiger partial charge on any atom is -0.326 e. The maximum Gasteiger partial charge on any atom is 0.226 e. The summed E-state index contributed by atoms with van der Waals surface area (Å²) in [6.45, 7) is 5.87. The molecule has 5 heteroatoms. The van der Waals surface area contributed by atoms with Gasteiger partial charge in [-0.3, -0.25) is 9.00 Å². The minimum atomic E-state index is -0.976. The molecule has 0 fully saturated rings. The maximum atomic E-state index is 12.3. The summed E-state index contributed by atoms with van der Waals surface area (Å²) in [4.78, 5) is 12.2. The van der Waals surface area contributed by atoms with Gasteiger partial charge >= 0.3 is 0 Å². The van der Waals surface area contributed by atoms with Crippen LogP contribution in [0.15, 0.2) is 54.6 Å². The van der Waals surface area contributed by atoms with Crippen LogP contribution in [-0.4, -0.2) is 14.9 Å². The molecule has 0 aliphatic carbocycles. The summed E-state index contributed by atoms with van der Waals surface area (Å²) in [5.41, 5.74) is 8.67. The van der Waals surface area contributed by atoms with E-state index in [-0.39, 0.29) is 23.1 Å². The number of anilines is 1. The van der Waals surface area contributed by atoms with E-state index in [0.29, 0.717) is 11.4 Å². The Balaban J connectivity index is 1.97. The highest BCUT2D eigenvalue weighted by atomic mass is 32.2. The van der Waals surface area contributed by atoms with Crippen LogP contribution >= 0.6 is 0 Å². The monoisotopic (exact) mass is 358 g/mol. The Morgan fingerprint density at radius 1 is 1.12 bits per heavy atom. The van der Waals surface area contributed by atoms with Crippen molar-refractivity contribution in [3.8, 4) is 0 Å². The Bertz CT molecular complexity index is 739. The molecule has 2 unspecified atom stereocenters. The summed E-state index contributed by atoms with van der Waals surface area (Å²) in [5.74, 6) is 0.335. The fraction of sp³-hybridized carbons (Fsp3) is 0.350. The Labute approximate surface area is 152 Å². The molecule has 0 radical (unpaired) electrons. The van der Waals surface area contributed by atoms with Gasteiger partial charge in [-0.05, 0) is 44.0 Å². The summed E-state index contributed by atoms with van der Waals surface area (Å²) in [6.07, 6.45) is 0.210. The standard InChI is InChI=1S/C20H26N2O2S/c1-20(2,3)25(24)14-15-8-7-11-17(12-15)22-19(23)13-18(21)16-9-5-4-6-10-16/h4-12,18H,13-14,21H2,1-3H3,(H,22,23). The van der Waals surface area contributed by atoms with Gasteiger partial charge in [-0.1, -0.05) is 42.5 Å². The molecule has 0 spiro atoms. The number of benzene rings is 2. The SMILES string of the molecule is CC(C)(C)S(=O)Cc1cccc(NC(=O)CC(N)c2ccccc2)c1. The largest absolute Gasteiger partial charge is 0.326 e. The summed E-state index contributed by atoms with van der Waals surface area (Å²) in [7, 11) is -0.976. The lowest BCUT2D eigenvalue weighted by molar-refractivity contribution is -0.116. The molecule has 2 aromatic carbocycles. The Hall–Kier alpha value is -1.98. The molecule has 0 saturated heterocycles. The van der Waals surface area contributed by atoms with Gasteiger partial charge in [0.05, 0.1) is 0 Å². The van der Waals surface area contributed by atoms with Crippen LogP contribution in [0, 0.1) is 0 Å². The molecule has 2 atom stereocenters. The van der Waals surface area contributed by atoms with Crippen molar-refractivity contribution in [2.24, 2.45) is 5.73 Å². The van der Waals surface area contributed by atoms with E-state index in [1.54, 1.807) is 0 Å². The molecule has 0 heterocycles. The summed E-state index contributed by atoms with van der Waals surface area (Å²) < 4.78 is 12.0. The maximum absolute atomic E-state index is 12.3. The molecule has 0 saturated carbocycles. The zero-order valence-corrected chi connectivity index (χ0v) is 15.8. The first-order valence-corrected chi connectivity index (χ1v) is 9.65. The second-order valence-corrected chi connectivity index (χ2v) is 9.28. The van der Waals surface area contributed by atoms with Gasteiger partial charge in [-0.2, -0.15) is 0 Å². The Morgan fingerprint density at radius 2 is 1.80 bits per heavy atom. The number of nitrogens with one attached hydrogen (secondary N) is 1. The molecule has 134 valence electrons. The quantitative estimate of drug-likeness (QED) is 0.826. The first-order chi connectivity index (χ1) is 11.8. The number of nitrogens with two attached hydrogens (primary N) is 1. The number of hydrogen-bond donors (Lipinski definition) is 2. The van der Waals surface area contributed by atoms with Crippen LogP contribution in [0.3, 0.4) is 0 Å². The molecule has 25 heavy (non-hydrogen) atoms. The third-order valence-electron chi connectivity index (χ3n) is 3.82. The van der Waals surface area contributed by atoms with Crippen LogP contribution < -0.4 is 11.1 Å². The lowest BCUT2D eigenvalue weighted by Gasteiger charge is -2.18. The van der Waals surface area contributed by atoms with Crippen molar-refractivity contribution in [1.29, 1.82) is 0 Å². The van der Waals surface area contributed by atoms with Crippen molar-refractivity contribution >= 4 is 22.4 Å². The molecule has 0 bridgehead atoms. The molecular formula is C20H26N2O2S. The van der Waals surface area contributed by atoms with Crippen LogP contribution in [-0.2, 0) is 21.3 Å². The molecule has 3 N–H and O–H groups in total. The molecule has 2 aromatic rings. The molecule has 2 rings (SSSR count). The fourth-order valence-corrected chi connectivity index (χ4v) is 3.25. The van der Waals surface area contributed by atoms with E-state index in [1.807, 2.05) is 75.4 Å². The first kappa shape index (κ1) is 19.3. The number of carbonyl (C=O) groups excluding carboxylic acids is 1. The van der Waals surface area contributed by atoms with E-state index in [1.165, 1.54) is 0 Å². The highest BCUT2D eigenvalue weighted by Gasteiger charge is 2.19. The van der Waals surface area contributed by atoms with Crippen LogP contribution in [0.5, 0.6) is 0 Å². The van der Waals surface area contributed by atoms with Crippen LogP contribution in [0.1, 0.15) is 44.4 Å². The average molecular weight is 359 g/mol. The molecule has 4 nitrogen and oxygen atoms in total. The molecule has 0 aliphatic rings. The highest BCUT2D eigenvalue weighted by molar-refractivity contribution is 7.85. The normalized spacial score (nSPS) is 13.9. The van der Waals surface area contributed by atoms with Crippen molar-refractivity contribution in [2.45, 2.75) is 43.7 Å². The number of carbonyl (C=O) groups is 1. The minimum absolute atomic E-state index is 0.134. The molecule has 1 amide bonds. The molecule has 0 aliphatic heterocycles. The third kappa shape index (κ3) is 6.11. The summed E-state index contributed by atoms with van der Waals surface area (Å²) >= 11 is 0. The predicted molar refractivity (Wildman–Crippen MR) is 105 cm³/mol. The van der Waals surface area contributed by atoms with Gasteiger partial charge in [0, 0.05) is 39.4 Å². The van der Waals surface area contributed by atoms with Crippen LogP contribution in [0.4, 0.5) is 5.69 Å². The van der Waals surface area contributed by atoms with E-state index < -0.39 is 10.8 Å². The Morgan fingerprint density at radius 3 is 2.44 bits per heavy atom. The lowest BCUT2D eigenvalue weighted by atomic mass is 10.0. The fourth-order valence-electron chi connectivity index (χ4n) is 2.34. The van der Waals surface area contributed by atoms with Gasteiger partial charge < -0.3 is 11.1 Å². The first-order valence-electron chi connectivity index (χ1n) is 8.33. The van der Waals surface area contributed by atoms with Crippen molar-refractivity contribution < 1.29 is 9.00 Å². The molecular weight excluding hydrogens is 332 g/mol. The van der Waals surface area contributed by atoms with Crippen molar-refractivity contribution in [3.63, 3.8) is 0 Å². The predicted octanol–water partition coefficient (Wildman–Crippen LogP) is 3.76. The van der Waals surface area contributed by atoms with Crippen LogP contribution in [0.2, 0.25) is 0 Å². The highest BCUT2D eigenvalue weighted by Crippen LogP contribution is 2.19. The molecule has 0 aromatic heterocycles. The van der Waals surface area contributed by atoms with Gasteiger partial charge in [-0.15, -0.1) is 0 Å². The van der Waals surface area contributed by atoms with Crippen molar-refractivity contribution in [3.05, 3.63) is 65.7 Å². The van der Waals surface area contributed by atoms with E-state index in [9.17, 15) is 9.00 Å². The number of hydrogen-bond acceptors (Lipinski definition) is 3. The van der Waals surface area contributed by atoms with Gasteiger partial charge in [0.25, 0.3) is 0 Å². The second-order valence-electron chi connectivity index (χ2n) is 7.07. The number of rotatable bonds is 6. The summed E-state index contributed by atoms with van der Waals surface area (Å²) in [5, 5.41) is 2.88. The van der Waals surface area contributed by atoms with E-state index >= 15 is 0 Å². The van der Waals surface area contributed by atoms with Crippen molar-refractivity contribution in [2.75, 3.05) is 5.32 Å². The van der Waals surface area contributed by atoms with Gasteiger partial charge in [0.2, 0.25) is 5.91 Å². The third-order valence-corrected chi connectivity index (χ3v) is 5.79. The van der Waals surface area contributed by atoms with Crippen molar-refractivity contribution in [1.82, 2.24) is 0 Å². The van der Waals surface area contributed by atoms with Crippen LogP contribution in [0.25, 0.3) is 0 Å². The summed E-state index contributed by atoms with van der Waals surface area (Å²) in [6, 6.07) is 16.7. The zero-order valence-electron chi connectivity index (χ0n) is 15.0. The van der Waals surface area contributed by atoms with E-state index in [2.05, 4.69) is 5.32 Å². The Kier molecular flexibility index (Phi) is 6.51. The van der Waals surface area contributed by atoms with E-state index in [4.69, 9.17) is 5.73 Å². The lowest BCUT2D eigenvalue weighted by Crippen LogP contribution is -2.23. The van der Waals surface area contributed by atoms with Gasteiger partial charge in [0.15, 0.2) is 0 Å². The van der Waals surface area contributed by atoms with Gasteiger partial charge in [0.1, 0.15) is 0 Å². The number of amides is 1. The topological polar surface area (TPSA) is 72.2 Å². The zero-order chi connectivity index (χ0) is 18.4. The van der Waals surface area contributed by atoms with Gasteiger partial charge in [-0.25, -0.2) is 0 Å². The average Bonchev–Trinajstić information content (AvgIpc) is 2.55. The van der Waals surface area contributed by atoms with E-state index in [0.717, 1.165) is 11.1 Å².